The van der Waals surface area contributed by atoms with Gasteiger partial charge in [0.15, 0.2) is 0 Å². The van der Waals surface area contributed by atoms with E-state index in [9.17, 15) is 9.59 Å². The van der Waals surface area contributed by atoms with Crippen molar-refractivity contribution in [1.29, 1.82) is 0 Å². The smallest absolute Gasteiger partial charge is 0.343 e. The van der Waals surface area contributed by atoms with E-state index >= 15 is 0 Å². The van der Waals surface area contributed by atoms with E-state index in [-0.39, 0.29) is 5.75 Å². The normalized spacial score (nSPS) is 11.1. The molecule has 0 saturated heterocycles. The number of nitrogens with zero attached hydrogens (tertiary/aromatic N) is 1. The van der Waals surface area contributed by atoms with Crippen LogP contribution in [0.2, 0.25) is 5.02 Å². The Bertz CT molecular complexity index is 1770. The third-order valence-electron chi connectivity index (χ3n) is 6.02. The van der Waals surface area contributed by atoms with Crippen LogP contribution in [-0.2, 0) is 0 Å². The average Bonchev–Trinajstić information content (AvgIpc) is 3.35. The molecule has 40 heavy (non-hydrogen) atoms. The lowest BCUT2D eigenvalue weighted by Gasteiger charge is -2.09. The Morgan fingerprint density at radius 3 is 2.55 bits per heavy atom. The molecule has 200 valence electrons. The van der Waals surface area contributed by atoms with Crippen molar-refractivity contribution in [1.82, 2.24) is 10.4 Å². The first-order valence-electron chi connectivity index (χ1n) is 11.9. The molecule has 2 N–H and O–H groups in total. The number of halogens is 3. The van der Waals surface area contributed by atoms with Crippen molar-refractivity contribution in [3.8, 4) is 22.6 Å². The van der Waals surface area contributed by atoms with E-state index in [2.05, 4.69) is 54.0 Å². The Labute approximate surface area is 256 Å². The highest BCUT2D eigenvalue weighted by molar-refractivity contribution is 14.1. The molecule has 1 aromatic heterocycles. The number of aromatic amines is 1. The molecule has 0 aliphatic rings. The van der Waals surface area contributed by atoms with Crippen molar-refractivity contribution < 1.29 is 19.1 Å². The first-order chi connectivity index (χ1) is 19.4. The number of rotatable bonds is 7. The summed E-state index contributed by atoms with van der Waals surface area (Å²) in [5.41, 5.74) is 5.99. The Balaban J connectivity index is 1.42. The maximum atomic E-state index is 13.4. The number of fused-ring (bicyclic) bond motifs is 1. The highest BCUT2D eigenvalue weighted by Crippen LogP contribution is 2.38. The Morgan fingerprint density at radius 1 is 1.02 bits per heavy atom. The van der Waals surface area contributed by atoms with Gasteiger partial charge in [-0.25, -0.2) is 10.2 Å². The van der Waals surface area contributed by atoms with Crippen molar-refractivity contribution >= 4 is 79.1 Å². The van der Waals surface area contributed by atoms with Gasteiger partial charge in [-0.05, 0) is 77.2 Å². The number of ether oxygens (including phenoxy) is 2. The molecule has 1 heterocycles. The zero-order valence-electron chi connectivity index (χ0n) is 20.9. The number of aromatic nitrogens is 1. The Morgan fingerprint density at radius 2 is 1.80 bits per heavy atom. The molecule has 10 heteroatoms. The Kier molecular flexibility index (Phi) is 8.53. The lowest BCUT2D eigenvalue weighted by atomic mass is 10.0. The van der Waals surface area contributed by atoms with Crippen LogP contribution >= 0.6 is 50.1 Å². The molecule has 7 nitrogen and oxygen atoms in total. The van der Waals surface area contributed by atoms with Gasteiger partial charge in [0.05, 0.1) is 24.4 Å². The maximum absolute atomic E-state index is 13.4. The summed E-state index contributed by atoms with van der Waals surface area (Å²) in [4.78, 5) is 29.3. The van der Waals surface area contributed by atoms with Crippen LogP contribution in [0.5, 0.6) is 11.5 Å². The van der Waals surface area contributed by atoms with Gasteiger partial charge in [0.1, 0.15) is 17.2 Å². The number of carbonyl (C=O) groups is 2. The van der Waals surface area contributed by atoms with Crippen LogP contribution in [0.3, 0.4) is 0 Å². The standard InChI is InChI=1S/C30H20BrClIN3O4/c1-39-20-12-9-17(10-13-20)30(38)40-25-14-11-19(31)15-18(25)16-34-36-29(37)28-26(21-5-2-3-7-23(21)32)22-6-4-8-24(33)27(22)35-28/h2-16,35H,1H3,(H,36,37). The molecule has 0 bridgehead atoms. The van der Waals surface area contributed by atoms with E-state index in [0.717, 1.165) is 24.5 Å². The molecular weight excluding hydrogens is 709 g/mol. The van der Waals surface area contributed by atoms with Crippen molar-refractivity contribution in [3.63, 3.8) is 0 Å². The molecule has 5 aromatic rings. The van der Waals surface area contributed by atoms with Crippen molar-refractivity contribution in [2.75, 3.05) is 7.11 Å². The lowest BCUT2D eigenvalue weighted by Crippen LogP contribution is -2.19. The monoisotopic (exact) mass is 727 g/mol. The fraction of sp³-hybridized carbons (Fsp3) is 0.0333. The number of hydrazone groups is 1. The number of esters is 1. The number of methoxy groups -OCH3 is 1. The second-order valence-electron chi connectivity index (χ2n) is 8.52. The van der Waals surface area contributed by atoms with Crippen LogP contribution < -0.4 is 14.9 Å². The number of H-pyrrole nitrogens is 1. The molecule has 4 aromatic carbocycles. The minimum absolute atomic E-state index is 0.277. The molecule has 0 unspecified atom stereocenters. The first kappa shape index (κ1) is 27.9. The summed E-state index contributed by atoms with van der Waals surface area (Å²) in [7, 11) is 1.55. The quantitative estimate of drug-likeness (QED) is 0.0588. The molecule has 0 atom stereocenters. The predicted octanol–water partition coefficient (Wildman–Crippen LogP) is 7.85. The molecule has 1 amide bonds. The van der Waals surface area contributed by atoms with Crippen molar-refractivity contribution in [2.45, 2.75) is 0 Å². The van der Waals surface area contributed by atoms with Crippen LogP contribution in [-0.4, -0.2) is 30.2 Å². The minimum Gasteiger partial charge on any atom is -0.497 e. The topological polar surface area (TPSA) is 92.8 Å². The number of para-hydroxylation sites is 1. The highest BCUT2D eigenvalue weighted by atomic mass is 127. The van der Waals surface area contributed by atoms with E-state index in [0.29, 0.717) is 33.2 Å². The molecule has 0 aliphatic carbocycles. The second kappa shape index (κ2) is 12.2. The molecule has 0 spiro atoms. The molecule has 0 radical (unpaired) electrons. The van der Waals surface area contributed by atoms with Gasteiger partial charge >= 0.3 is 5.97 Å². The number of hydrogen-bond donors (Lipinski definition) is 2. The fourth-order valence-corrected chi connectivity index (χ4v) is 5.35. The SMILES string of the molecule is COc1ccc(C(=O)Oc2ccc(Br)cc2C=NNC(=O)c2[nH]c3c(I)cccc3c2-c2ccccc2Cl)cc1. The van der Waals surface area contributed by atoms with Crippen molar-refractivity contribution in [2.24, 2.45) is 5.10 Å². The fourth-order valence-electron chi connectivity index (χ4n) is 4.11. The number of nitrogens with one attached hydrogen (secondary N) is 2. The van der Waals surface area contributed by atoms with Gasteiger partial charge in [-0.3, -0.25) is 4.79 Å². The van der Waals surface area contributed by atoms with Gasteiger partial charge in [-0.1, -0.05) is 57.9 Å². The van der Waals surface area contributed by atoms with Gasteiger partial charge in [0, 0.05) is 35.1 Å². The largest absolute Gasteiger partial charge is 0.497 e. The van der Waals surface area contributed by atoms with Crippen LogP contribution in [0.25, 0.3) is 22.0 Å². The average molecular weight is 729 g/mol. The van der Waals surface area contributed by atoms with Gasteiger partial charge < -0.3 is 14.5 Å². The van der Waals surface area contributed by atoms with Crippen LogP contribution in [0.15, 0.2) is 94.5 Å². The summed E-state index contributed by atoms with van der Waals surface area (Å²) >= 11 is 12.2. The van der Waals surface area contributed by atoms with E-state index in [1.807, 2.05) is 36.4 Å². The molecule has 0 saturated carbocycles. The van der Waals surface area contributed by atoms with Gasteiger partial charge in [-0.2, -0.15) is 5.10 Å². The van der Waals surface area contributed by atoms with Gasteiger partial charge in [-0.15, -0.1) is 0 Å². The van der Waals surface area contributed by atoms with E-state index in [4.69, 9.17) is 21.1 Å². The maximum Gasteiger partial charge on any atom is 0.343 e. The zero-order chi connectivity index (χ0) is 28.2. The number of benzene rings is 4. The molecule has 0 aliphatic heterocycles. The number of hydrogen-bond acceptors (Lipinski definition) is 5. The minimum atomic E-state index is -0.541. The van der Waals surface area contributed by atoms with E-state index < -0.39 is 11.9 Å². The Hall–Kier alpha value is -3.67. The highest BCUT2D eigenvalue weighted by Gasteiger charge is 2.22. The van der Waals surface area contributed by atoms with Crippen LogP contribution in [0, 0.1) is 3.57 Å². The van der Waals surface area contributed by atoms with Crippen molar-refractivity contribution in [3.05, 3.63) is 115 Å². The zero-order valence-corrected chi connectivity index (χ0v) is 25.4. The second-order valence-corrected chi connectivity index (χ2v) is 11.0. The summed E-state index contributed by atoms with van der Waals surface area (Å²) in [6.45, 7) is 0. The van der Waals surface area contributed by atoms with Crippen LogP contribution in [0.1, 0.15) is 26.4 Å². The predicted molar refractivity (Wildman–Crippen MR) is 169 cm³/mol. The third-order valence-corrected chi connectivity index (χ3v) is 7.74. The summed E-state index contributed by atoms with van der Waals surface area (Å²) < 4.78 is 12.5. The third kappa shape index (κ3) is 5.91. The summed E-state index contributed by atoms with van der Waals surface area (Å²) in [5.74, 6) is -0.0873. The number of carbonyl (C=O) groups excluding carboxylic acids is 2. The molecule has 0 fully saturated rings. The van der Waals surface area contributed by atoms with E-state index in [1.54, 1.807) is 55.6 Å². The lowest BCUT2D eigenvalue weighted by molar-refractivity contribution is 0.0734. The summed E-state index contributed by atoms with van der Waals surface area (Å²) in [6, 6.07) is 24.9. The van der Waals surface area contributed by atoms with Crippen LogP contribution in [0.4, 0.5) is 0 Å². The first-order valence-corrected chi connectivity index (χ1v) is 14.1. The molecule has 5 rings (SSSR count). The van der Waals surface area contributed by atoms with Gasteiger partial charge in [0.2, 0.25) is 0 Å². The number of amides is 1. The van der Waals surface area contributed by atoms with Gasteiger partial charge in [0.25, 0.3) is 5.91 Å². The van der Waals surface area contributed by atoms with E-state index in [1.165, 1.54) is 6.21 Å². The summed E-state index contributed by atoms with van der Waals surface area (Å²) in [6.07, 6.45) is 1.42. The molecular formula is C30H20BrClIN3O4. The summed E-state index contributed by atoms with van der Waals surface area (Å²) in [5, 5.41) is 5.56.